The van der Waals surface area contributed by atoms with Gasteiger partial charge in [0.2, 0.25) is 0 Å². The second-order valence-corrected chi connectivity index (χ2v) is 8.78. The van der Waals surface area contributed by atoms with Crippen molar-refractivity contribution in [2.24, 2.45) is 7.05 Å². The Labute approximate surface area is 233 Å². The van der Waals surface area contributed by atoms with Gasteiger partial charge >= 0.3 is 0 Å². The highest BCUT2D eigenvalue weighted by Crippen LogP contribution is 2.20. The van der Waals surface area contributed by atoms with Crippen LogP contribution in [0.3, 0.4) is 0 Å². The van der Waals surface area contributed by atoms with E-state index in [1.807, 2.05) is 37.4 Å². The van der Waals surface area contributed by atoms with Crippen LogP contribution < -0.4 is 15.8 Å². The van der Waals surface area contributed by atoms with Gasteiger partial charge < -0.3 is 15.3 Å². The van der Waals surface area contributed by atoms with Crippen molar-refractivity contribution >= 4 is 29.0 Å². The van der Waals surface area contributed by atoms with Gasteiger partial charge in [-0.25, -0.2) is 14.2 Å². The van der Waals surface area contributed by atoms with E-state index in [4.69, 9.17) is 16.7 Å². The van der Waals surface area contributed by atoms with Gasteiger partial charge in [-0.1, -0.05) is 31.5 Å². The molecule has 1 aliphatic heterocycles. The SMILES string of the molecule is C#C.CC.CO.Cc1c(C(=O)N[C@H]2CCN(c3ccc4ncc(C)n4n3)C2)c(=O)n(-c2cccc(Cl)c2)n1C. The maximum Gasteiger partial charge on any atom is 0.284 e. The number of imidazole rings is 1. The number of fused-ring (bicyclic) bond motifs is 1. The van der Waals surface area contributed by atoms with E-state index in [0.717, 1.165) is 37.2 Å². The molecule has 4 aromatic rings. The van der Waals surface area contributed by atoms with Crippen molar-refractivity contribution in [2.45, 2.75) is 40.2 Å². The highest BCUT2D eigenvalue weighted by molar-refractivity contribution is 6.30. The molecule has 2 N–H and O–H groups in total. The molecule has 0 unspecified atom stereocenters. The summed E-state index contributed by atoms with van der Waals surface area (Å²) in [6.07, 6.45) is 10.6. The van der Waals surface area contributed by atoms with E-state index in [1.54, 1.807) is 49.1 Å². The first kappa shape index (κ1) is 31.1. The van der Waals surface area contributed by atoms with Gasteiger partial charge in [-0.2, -0.15) is 0 Å². The van der Waals surface area contributed by atoms with Crippen molar-refractivity contribution in [1.82, 2.24) is 29.3 Å². The Hall–Kier alpha value is -4.07. The predicted molar refractivity (Wildman–Crippen MR) is 156 cm³/mol. The molecule has 0 bridgehead atoms. The lowest BCUT2D eigenvalue weighted by Crippen LogP contribution is -2.39. The number of rotatable bonds is 4. The fourth-order valence-electron chi connectivity index (χ4n) is 4.36. The highest BCUT2D eigenvalue weighted by atomic mass is 35.5. The predicted octanol–water partition coefficient (Wildman–Crippen LogP) is 3.38. The third-order valence-corrected chi connectivity index (χ3v) is 6.43. The largest absolute Gasteiger partial charge is 0.400 e. The Balaban J connectivity index is 0.000000833. The molecule has 0 saturated carbocycles. The Bertz CT molecular complexity index is 1490. The number of aliphatic hydroxyl groups excluding tert-OH is 1. The number of amides is 1. The maximum atomic E-state index is 13.2. The number of hydrogen-bond acceptors (Lipinski definition) is 6. The second-order valence-electron chi connectivity index (χ2n) is 8.35. The first-order valence-electron chi connectivity index (χ1n) is 12.5. The van der Waals surface area contributed by atoms with Crippen molar-refractivity contribution in [2.75, 3.05) is 25.1 Å². The minimum absolute atomic E-state index is 0.0856. The molecule has 5 rings (SSSR count). The molecule has 208 valence electrons. The van der Waals surface area contributed by atoms with Gasteiger partial charge in [0.1, 0.15) is 11.4 Å². The average Bonchev–Trinajstić information content (AvgIpc) is 3.64. The van der Waals surface area contributed by atoms with Crippen molar-refractivity contribution in [1.29, 1.82) is 0 Å². The van der Waals surface area contributed by atoms with Gasteiger partial charge in [0.15, 0.2) is 5.65 Å². The zero-order valence-corrected chi connectivity index (χ0v) is 24.0. The van der Waals surface area contributed by atoms with Crippen LogP contribution in [0.2, 0.25) is 5.02 Å². The number of halogens is 1. The Morgan fingerprint density at radius 3 is 2.51 bits per heavy atom. The number of benzene rings is 1. The molecule has 3 aromatic heterocycles. The number of nitrogens with one attached hydrogen (secondary N) is 1. The normalized spacial score (nSPS) is 13.9. The fourth-order valence-corrected chi connectivity index (χ4v) is 4.54. The van der Waals surface area contributed by atoms with Crippen LogP contribution in [0.5, 0.6) is 0 Å². The smallest absolute Gasteiger partial charge is 0.284 e. The summed E-state index contributed by atoms with van der Waals surface area (Å²) in [5.41, 5.74) is 2.74. The van der Waals surface area contributed by atoms with Crippen molar-refractivity contribution in [3.63, 3.8) is 0 Å². The number of carbonyl (C=O) groups excluding carboxylic acids is 1. The summed E-state index contributed by atoms with van der Waals surface area (Å²) in [5.74, 6) is 0.467. The van der Waals surface area contributed by atoms with E-state index >= 15 is 0 Å². The molecule has 1 fully saturated rings. The number of anilines is 1. The molecule has 0 spiro atoms. The molecule has 10 nitrogen and oxygen atoms in total. The molecule has 1 atom stereocenters. The van der Waals surface area contributed by atoms with E-state index in [-0.39, 0.29) is 23.1 Å². The van der Waals surface area contributed by atoms with E-state index in [9.17, 15) is 9.59 Å². The molecule has 11 heteroatoms. The number of terminal acetylenes is 1. The third-order valence-electron chi connectivity index (χ3n) is 6.20. The topological polar surface area (TPSA) is 110 Å². The van der Waals surface area contributed by atoms with Gasteiger partial charge in [-0.3, -0.25) is 14.3 Å². The van der Waals surface area contributed by atoms with E-state index in [1.165, 1.54) is 4.68 Å². The summed E-state index contributed by atoms with van der Waals surface area (Å²) in [6, 6.07) is 10.8. The number of nitrogens with zero attached hydrogens (tertiary/aromatic N) is 6. The number of carbonyl (C=O) groups is 1. The second kappa shape index (κ2) is 14.2. The summed E-state index contributed by atoms with van der Waals surface area (Å²) < 4.78 is 4.95. The van der Waals surface area contributed by atoms with Crippen LogP contribution in [0.15, 0.2) is 47.4 Å². The maximum absolute atomic E-state index is 13.2. The Morgan fingerprint density at radius 1 is 1.15 bits per heavy atom. The summed E-state index contributed by atoms with van der Waals surface area (Å²) in [6.45, 7) is 9.11. The quantitative estimate of drug-likeness (QED) is 0.375. The molecular formula is C28H36ClN7O3. The van der Waals surface area contributed by atoms with E-state index in [0.29, 0.717) is 22.9 Å². The zero-order valence-electron chi connectivity index (χ0n) is 23.2. The van der Waals surface area contributed by atoms with E-state index in [2.05, 4.69) is 33.1 Å². The third kappa shape index (κ3) is 6.50. The van der Waals surface area contributed by atoms with E-state index < -0.39 is 0 Å². The van der Waals surface area contributed by atoms with Crippen molar-refractivity contribution in [3.05, 3.63) is 74.9 Å². The van der Waals surface area contributed by atoms with Crippen molar-refractivity contribution in [3.8, 4) is 18.5 Å². The van der Waals surface area contributed by atoms with Crippen LogP contribution in [0.25, 0.3) is 11.3 Å². The van der Waals surface area contributed by atoms with Crippen LogP contribution >= 0.6 is 11.6 Å². The minimum Gasteiger partial charge on any atom is -0.400 e. The van der Waals surface area contributed by atoms with Crippen molar-refractivity contribution < 1.29 is 9.90 Å². The lowest BCUT2D eigenvalue weighted by atomic mass is 10.2. The van der Waals surface area contributed by atoms with Crippen LogP contribution in [0.4, 0.5) is 5.82 Å². The van der Waals surface area contributed by atoms with Crippen LogP contribution in [0, 0.1) is 26.7 Å². The Kier molecular flexibility index (Phi) is 11.3. The number of aromatic nitrogens is 5. The molecule has 0 aliphatic carbocycles. The first-order chi connectivity index (χ1) is 18.8. The molecule has 1 aromatic carbocycles. The zero-order chi connectivity index (χ0) is 29.3. The highest BCUT2D eigenvalue weighted by Gasteiger charge is 2.29. The molecule has 1 saturated heterocycles. The van der Waals surface area contributed by atoms with Gasteiger partial charge in [-0.05, 0) is 50.6 Å². The summed E-state index contributed by atoms with van der Waals surface area (Å²) in [4.78, 5) is 32.7. The summed E-state index contributed by atoms with van der Waals surface area (Å²) >= 11 is 6.10. The van der Waals surface area contributed by atoms with Crippen LogP contribution in [-0.4, -0.2) is 61.2 Å². The summed E-state index contributed by atoms with van der Waals surface area (Å²) in [7, 11) is 2.76. The average molecular weight is 554 g/mol. The lowest BCUT2D eigenvalue weighted by molar-refractivity contribution is 0.0938. The standard InChI is InChI=1S/C23H24ClN7O2.C2H6.C2H2.CH4O/c1-14-12-25-19-7-8-20(27-30(14)19)29-10-9-17(13-29)26-22(32)21-15(2)28(3)31(23(21)33)18-6-4-5-16(24)11-18;3*1-2/h4-8,11-12,17H,9-10,13H2,1-3H3,(H,26,32);1-2H3;1-2H;2H,1H3/t17-;;;/m0.../s1. The summed E-state index contributed by atoms with van der Waals surface area (Å²) in [5, 5.41) is 15.2. The van der Waals surface area contributed by atoms with Gasteiger partial charge in [-0.15, -0.1) is 17.9 Å². The minimum atomic E-state index is -0.368. The fraction of sp³-hybridized carbons (Fsp3) is 0.357. The molecule has 1 amide bonds. The van der Waals surface area contributed by atoms with Gasteiger partial charge in [0, 0.05) is 38.3 Å². The number of aliphatic hydroxyl groups is 1. The molecule has 0 radical (unpaired) electrons. The van der Waals surface area contributed by atoms with Gasteiger partial charge in [0.05, 0.1) is 23.3 Å². The molecule has 1 aliphatic rings. The lowest BCUT2D eigenvalue weighted by Gasteiger charge is -2.18. The molecule has 4 heterocycles. The number of aryl methyl sites for hydroxylation is 1. The molecular weight excluding hydrogens is 518 g/mol. The van der Waals surface area contributed by atoms with Crippen LogP contribution in [0.1, 0.15) is 42.0 Å². The monoisotopic (exact) mass is 553 g/mol. The molecule has 39 heavy (non-hydrogen) atoms. The first-order valence-corrected chi connectivity index (χ1v) is 12.9. The van der Waals surface area contributed by atoms with Gasteiger partial charge in [0.25, 0.3) is 11.5 Å². The Morgan fingerprint density at radius 2 is 1.85 bits per heavy atom. The number of hydrogen-bond donors (Lipinski definition) is 2. The van der Waals surface area contributed by atoms with Crippen LogP contribution in [-0.2, 0) is 7.05 Å².